The molecule has 9 heteroatoms. The first-order valence-corrected chi connectivity index (χ1v) is 9.76. The van der Waals surface area contributed by atoms with Crippen molar-refractivity contribution in [2.24, 2.45) is 0 Å². The van der Waals surface area contributed by atoms with Crippen LogP contribution < -0.4 is 4.90 Å². The Hall–Kier alpha value is -2.55. The van der Waals surface area contributed by atoms with Crippen molar-refractivity contribution in [3.8, 4) is 0 Å². The van der Waals surface area contributed by atoms with Crippen LogP contribution in [-0.4, -0.2) is 47.9 Å². The number of halogens is 1. The molecule has 0 aliphatic rings. The monoisotopic (exact) mass is 434 g/mol. The molecule has 3 rings (SSSR count). The van der Waals surface area contributed by atoms with Gasteiger partial charge in [-0.2, -0.15) is 0 Å². The van der Waals surface area contributed by atoms with E-state index in [-0.39, 0.29) is 23.7 Å². The summed E-state index contributed by atoms with van der Waals surface area (Å²) in [6.07, 6.45) is 0.730. The van der Waals surface area contributed by atoms with Crippen molar-refractivity contribution in [3.63, 3.8) is 0 Å². The second kappa shape index (κ2) is 9.78. The van der Waals surface area contributed by atoms with Gasteiger partial charge in [-0.05, 0) is 51.7 Å². The lowest BCUT2D eigenvalue weighted by Gasteiger charge is -2.21. The van der Waals surface area contributed by atoms with Gasteiger partial charge in [0.15, 0.2) is 5.13 Å². The normalized spacial score (nSPS) is 10.8. The number of anilines is 1. The summed E-state index contributed by atoms with van der Waals surface area (Å²) in [6.45, 7) is 3.21. The maximum Gasteiger partial charge on any atom is 0.282 e. The maximum absolute atomic E-state index is 13.3. The SMILES string of the molecule is Cc1cccc2sc(N(CCCN(C)C)C(=O)c3ccccc3[N+](=O)[O-])nc12.Cl. The summed E-state index contributed by atoms with van der Waals surface area (Å²) >= 11 is 1.43. The Morgan fingerprint density at radius 1 is 1.14 bits per heavy atom. The molecule has 1 aromatic heterocycles. The van der Waals surface area contributed by atoms with E-state index >= 15 is 0 Å². The zero-order valence-electron chi connectivity index (χ0n) is 16.5. The first kappa shape index (κ1) is 22.7. The number of thiazole rings is 1. The molecule has 29 heavy (non-hydrogen) atoms. The lowest BCUT2D eigenvalue weighted by molar-refractivity contribution is -0.385. The van der Waals surface area contributed by atoms with Gasteiger partial charge in [0.2, 0.25) is 0 Å². The molecule has 0 radical (unpaired) electrons. The maximum atomic E-state index is 13.3. The highest BCUT2D eigenvalue weighted by atomic mass is 35.5. The molecule has 0 aliphatic heterocycles. The second-order valence-corrected chi connectivity index (χ2v) is 7.82. The minimum atomic E-state index is -0.520. The van der Waals surface area contributed by atoms with Gasteiger partial charge in [0, 0.05) is 12.6 Å². The smallest absolute Gasteiger partial charge is 0.282 e. The molecule has 1 heterocycles. The number of nitro groups is 1. The summed E-state index contributed by atoms with van der Waals surface area (Å²) in [6, 6.07) is 12.0. The molecule has 154 valence electrons. The van der Waals surface area contributed by atoms with Crippen LogP contribution in [0.5, 0.6) is 0 Å². The van der Waals surface area contributed by atoms with Crippen LogP contribution in [0.1, 0.15) is 22.3 Å². The van der Waals surface area contributed by atoms with Crippen LogP contribution in [0.3, 0.4) is 0 Å². The van der Waals surface area contributed by atoms with E-state index in [4.69, 9.17) is 0 Å². The summed E-state index contributed by atoms with van der Waals surface area (Å²) in [5.74, 6) is -0.400. The number of hydrogen-bond donors (Lipinski definition) is 0. The third-order valence-corrected chi connectivity index (χ3v) is 5.45. The second-order valence-electron chi connectivity index (χ2n) is 6.81. The molecule has 0 fully saturated rings. The summed E-state index contributed by atoms with van der Waals surface area (Å²) in [7, 11) is 3.94. The van der Waals surface area contributed by atoms with Gasteiger partial charge in [0.25, 0.3) is 11.6 Å². The Morgan fingerprint density at radius 2 is 1.86 bits per heavy atom. The van der Waals surface area contributed by atoms with Gasteiger partial charge >= 0.3 is 0 Å². The standard InChI is InChI=1S/C20H22N4O3S.ClH/c1-14-8-6-11-17-18(14)21-20(28-17)23(13-7-12-22(2)3)19(25)15-9-4-5-10-16(15)24(26)27;/h4-6,8-11H,7,12-13H2,1-3H3;1H. The van der Waals surface area contributed by atoms with Crippen molar-refractivity contribution in [3.05, 3.63) is 63.7 Å². The van der Waals surface area contributed by atoms with Crippen LogP contribution in [0.15, 0.2) is 42.5 Å². The topological polar surface area (TPSA) is 79.6 Å². The van der Waals surface area contributed by atoms with Crippen molar-refractivity contribution in [1.82, 2.24) is 9.88 Å². The van der Waals surface area contributed by atoms with Crippen molar-refractivity contribution in [2.45, 2.75) is 13.3 Å². The fourth-order valence-corrected chi connectivity index (χ4v) is 4.05. The Morgan fingerprint density at radius 3 is 2.52 bits per heavy atom. The molecule has 0 atom stereocenters. The first-order chi connectivity index (χ1) is 13.4. The largest absolute Gasteiger partial charge is 0.309 e. The zero-order chi connectivity index (χ0) is 20.3. The van der Waals surface area contributed by atoms with Crippen molar-refractivity contribution in [1.29, 1.82) is 0 Å². The van der Waals surface area contributed by atoms with Crippen molar-refractivity contribution in [2.75, 3.05) is 32.1 Å². The predicted molar refractivity (Wildman–Crippen MR) is 120 cm³/mol. The molecule has 0 N–H and O–H groups in total. The van der Waals surface area contributed by atoms with Crippen molar-refractivity contribution < 1.29 is 9.72 Å². The molecule has 0 aliphatic carbocycles. The Kier molecular flexibility index (Phi) is 7.66. The Bertz CT molecular complexity index is 1020. The number of benzene rings is 2. The number of rotatable bonds is 7. The van der Waals surface area contributed by atoms with Crippen LogP contribution in [0.2, 0.25) is 0 Å². The van der Waals surface area contributed by atoms with Gasteiger partial charge in [-0.25, -0.2) is 4.98 Å². The van der Waals surface area contributed by atoms with Gasteiger partial charge < -0.3 is 4.90 Å². The van der Waals surface area contributed by atoms with Crippen molar-refractivity contribution >= 4 is 50.7 Å². The van der Waals surface area contributed by atoms with Gasteiger partial charge in [0.1, 0.15) is 5.56 Å². The fourth-order valence-electron chi connectivity index (χ4n) is 2.98. The lowest BCUT2D eigenvalue weighted by atomic mass is 10.1. The summed E-state index contributed by atoms with van der Waals surface area (Å²) in [5.41, 5.74) is 1.78. The van der Waals surface area contributed by atoms with E-state index < -0.39 is 10.8 Å². The number of aromatic nitrogens is 1. The summed E-state index contributed by atoms with van der Waals surface area (Å²) in [5, 5.41) is 12.0. The minimum absolute atomic E-state index is 0. The van der Waals surface area contributed by atoms with E-state index in [9.17, 15) is 14.9 Å². The molecule has 2 aromatic carbocycles. The van der Waals surface area contributed by atoms with Crippen LogP contribution in [-0.2, 0) is 0 Å². The third kappa shape index (κ3) is 5.09. The zero-order valence-corrected chi connectivity index (χ0v) is 18.1. The highest BCUT2D eigenvalue weighted by Crippen LogP contribution is 2.32. The summed E-state index contributed by atoms with van der Waals surface area (Å²) < 4.78 is 0.989. The highest BCUT2D eigenvalue weighted by molar-refractivity contribution is 7.22. The van der Waals surface area contributed by atoms with E-state index in [2.05, 4.69) is 4.98 Å². The average Bonchev–Trinajstić information content (AvgIpc) is 3.10. The highest BCUT2D eigenvalue weighted by Gasteiger charge is 2.27. The number of para-hydroxylation sites is 2. The van der Waals surface area contributed by atoms with Crippen LogP contribution in [0, 0.1) is 17.0 Å². The fraction of sp³-hybridized carbons (Fsp3) is 0.300. The first-order valence-electron chi connectivity index (χ1n) is 8.94. The molecular weight excluding hydrogens is 412 g/mol. The Balaban J connectivity index is 0.00000300. The molecule has 0 unspecified atom stereocenters. The number of fused-ring (bicyclic) bond motifs is 1. The lowest BCUT2D eigenvalue weighted by Crippen LogP contribution is -2.33. The molecule has 3 aromatic rings. The molecule has 7 nitrogen and oxygen atoms in total. The molecular formula is C20H23ClN4O3S. The number of amides is 1. The summed E-state index contributed by atoms with van der Waals surface area (Å²) in [4.78, 5) is 32.4. The minimum Gasteiger partial charge on any atom is -0.309 e. The number of carbonyl (C=O) groups excluding carboxylic acids is 1. The molecule has 1 amide bonds. The van der Waals surface area contributed by atoms with Gasteiger partial charge in [-0.1, -0.05) is 35.6 Å². The molecule has 0 saturated carbocycles. The van der Waals surface area contributed by atoms with E-state index in [0.29, 0.717) is 11.7 Å². The van der Waals surface area contributed by atoms with E-state index in [1.165, 1.54) is 23.5 Å². The third-order valence-electron chi connectivity index (χ3n) is 4.40. The van der Waals surface area contributed by atoms with Gasteiger partial charge in [-0.15, -0.1) is 12.4 Å². The Labute approximate surface area is 179 Å². The number of nitrogens with zero attached hydrogens (tertiary/aromatic N) is 4. The quantitative estimate of drug-likeness (QED) is 0.403. The van der Waals surface area contributed by atoms with Crippen LogP contribution in [0.4, 0.5) is 10.8 Å². The van der Waals surface area contributed by atoms with E-state index in [1.54, 1.807) is 17.0 Å². The number of nitro benzene ring substituents is 1. The molecule has 0 bridgehead atoms. The molecule has 0 saturated heterocycles. The van der Waals surface area contributed by atoms with Crippen LogP contribution in [0.25, 0.3) is 10.2 Å². The predicted octanol–water partition coefficient (Wildman–Crippen LogP) is 4.53. The van der Waals surface area contributed by atoms with E-state index in [1.807, 2.05) is 44.1 Å². The number of hydrogen-bond acceptors (Lipinski definition) is 6. The number of carbonyl (C=O) groups is 1. The molecule has 0 spiro atoms. The average molecular weight is 435 g/mol. The van der Waals surface area contributed by atoms with Gasteiger partial charge in [-0.3, -0.25) is 19.8 Å². The van der Waals surface area contributed by atoms with Gasteiger partial charge in [0.05, 0.1) is 15.1 Å². The van der Waals surface area contributed by atoms with Crippen LogP contribution >= 0.6 is 23.7 Å². The number of aryl methyl sites for hydroxylation is 1. The van der Waals surface area contributed by atoms with E-state index in [0.717, 1.165) is 28.7 Å².